The van der Waals surface area contributed by atoms with Gasteiger partial charge in [-0.05, 0) is 0 Å². The Morgan fingerprint density at radius 3 is 0.300 bits per heavy atom. The van der Waals surface area contributed by atoms with Gasteiger partial charge in [0.25, 0.3) is 0 Å². The molecular weight excluding hydrogens is 554 g/mol. The van der Waals surface area contributed by atoms with E-state index in [1.807, 2.05) is 0 Å². The van der Waals surface area contributed by atoms with Crippen LogP contribution in [0.4, 0.5) is 0 Å². The summed E-state index contributed by atoms with van der Waals surface area (Å²) in [6, 6.07) is 0. The molecule has 0 aliphatic heterocycles. The average Bonchev–Trinajstić information content (AvgIpc) is 0. The zero-order valence-corrected chi connectivity index (χ0v) is 16.6. The standard InChI is InChI=1S/2Ce.6O.2Y/q2*+3;6*-2;2*+3. The van der Waals surface area contributed by atoms with E-state index in [-0.39, 0.29) is 182 Å². The first-order chi connectivity index (χ1) is 0. The molecule has 0 saturated carbocycles. The minimum atomic E-state index is 0. The Labute approximate surface area is 177 Å². The van der Waals surface area contributed by atoms with Crippen LogP contribution in [0.15, 0.2) is 0 Å². The number of rotatable bonds is 0. The van der Waals surface area contributed by atoms with Crippen molar-refractivity contribution in [3.05, 3.63) is 0 Å². The maximum Gasteiger partial charge on any atom is 3.00 e. The Balaban J connectivity index is 0. The minimum Gasteiger partial charge on any atom is -2.00 e. The first kappa shape index (κ1) is 124. The van der Waals surface area contributed by atoms with E-state index >= 15 is 0 Å². The van der Waals surface area contributed by atoms with Gasteiger partial charge in [0.2, 0.25) is 0 Å². The topological polar surface area (TPSA) is 171 Å². The van der Waals surface area contributed by atoms with Gasteiger partial charge < -0.3 is 32.9 Å². The molecule has 6 nitrogen and oxygen atoms in total. The second-order valence-electron chi connectivity index (χ2n) is 0. The fraction of sp³-hybridized carbons (Fsp3) is 0. The van der Waals surface area contributed by atoms with Crippen LogP contribution in [0, 0.1) is 83.5 Å². The van der Waals surface area contributed by atoms with Crippen molar-refractivity contribution in [1.29, 1.82) is 0 Å². The Kier molecular flexibility index (Phi) is 1240. The molecular formula is Ce2O6Y2. The fourth-order valence-electron chi connectivity index (χ4n) is 0. The Bertz CT molecular complexity index is 13.7. The molecule has 0 unspecified atom stereocenters. The van der Waals surface area contributed by atoms with Crippen molar-refractivity contribution in [1.82, 2.24) is 0 Å². The van der Waals surface area contributed by atoms with Crippen LogP contribution in [-0.2, 0) is 98.3 Å². The Morgan fingerprint density at radius 2 is 0.300 bits per heavy atom. The molecule has 0 heterocycles. The second kappa shape index (κ2) is 99.6. The molecule has 0 aromatic rings. The van der Waals surface area contributed by atoms with Crippen LogP contribution < -0.4 is 0 Å². The molecule has 0 amide bonds. The SMILES string of the molecule is [Ce+3].[Ce+3].[O-2].[O-2].[O-2].[O-2].[O-2].[O-2].[Y+3].[Y+3]. The molecule has 0 N–H and O–H groups in total. The van der Waals surface area contributed by atoms with Crippen molar-refractivity contribution in [3.63, 3.8) is 0 Å². The summed E-state index contributed by atoms with van der Waals surface area (Å²) in [5.41, 5.74) is 0. The zero-order chi connectivity index (χ0) is 0. The summed E-state index contributed by atoms with van der Waals surface area (Å²) in [5.74, 6) is 0. The van der Waals surface area contributed by atoms with Gasteiger partial charge in [-0.15, -0.1) is 0 Å². The van der Waals surface area contributed by atoms with E-state index in [0.29, 0.717) is 0 Å². The van der Waals surface area contributed by atoms with Crippen LogP contribution in [0.1, 0.15) is 0 Å². The minimum absolute atomic E-state index is 0. The predicted molar refractivity (Wildman–Crippen MR) is 4.12 cm³/mol. The summed E-state index contributed by atoms with van der Waals surface area (Å²) in [6.07, 6.45) is 0. The summed E-state index contributed by atoms with van der Waals surface area (Å²) >= 11 is 0. The summed E-state index contributed by atoms with van der Waals surface area (Å²) in [6.45, 7) is 0. The molecule has 0 spiro atoms. The van der Waals surface area contributed by atoms with Gasteiger partial charge in [-0.3, -0.25) is 0 Å². The van der Waals surface area contributed by atoms with E-state index in [4.69, 9.17) is 0 Å². The van der Waals surface area contributed by atoms with E-state index < -0.39 is 0 Å². The molecule has 0 fully saturated rings. The van der Waals surface area contributed by atoms with Gasteiger partial charge in [-0.1, -0.05) is 0 Å². The number of hydrogen-bond acceptors (Lipinski definition) is 0. The molecule has 0 rings (SSSR count). The fourth-order valence-corrected chi connectivity index (χ4v) is 0. The Morgan fingerprint density at radius 1 is 0.300 bits per heavy atom. The molecule has 0 aromatic carbocycles. The van der Waals surface area contributed by atoms with Gasteiger partial charge in [-0.2, -0.15) is 0 Å². The second-order valence-corrected chi connectivity index (χ2v) is 0. The molecule has 10 heavy (non-hydrogen) atoms. The Hall–Kier alpha value is 4.72. The molecule has 0 aliphatic rings. The third-order valence-corrected chi connectivity index (χ3v) is 0. The van der Waals surface area contributed by atoms with Crippen LogP contribution in [0.3, 0.4) is 0 Å². The third-order valence-electron chi connectivity index (χ3n) is 0. The van der Waals surface area contributed by atoms with Crippen molar-refractivity contribution < 1.29 is 182 Å². The zero-order valence-electron chi connectivity index (χ0n) is 4.60. The molecule has 2 radical (unpaired) electrons. The van der Waals surface area contributed by atoms with E-state index in [9.17, 15) is 0 Å². The maximum absolute atomic E-state index is 0. The van der Waals surface area contributed by atoms with Crippen molar-refractivity contribution >= 4 is 0 Å². The summed E-state index contributed by atoms with van der Waals surface area (Å²) in [4.78, 5) is 0. The van der Waals surface area contributed by atoms with Crippen LogP contribution in [0.5, 0.6) is 0 Å². The quantitative estimate of drug-likeness (QED) is 0.369. The van der Waals surface area contributed by atoms with Crippen molar-refractivity contribution in [2.24, 2.45) is 0 Å². The maximum atomic E-state index is 0. The normalized spacial score (nSPS) is 0. The first-order valence-electron chi connectivity index (χ1n) is 0. The first-order valence-corrected chi connectivity index (χ1v) is 0. The average molecular weight is 554 g/mol. The third kappa shape index (κ3) is 78.4. The van der Waals surface area contributed by atoms with Crippen molar-refractivity contribution in [3.8, 4) is 0 Å². The summed E-state index contributed by atoms with van der Waals surface area (Å²) in [7, 11) is 0. The summed E-state index contributed by atoms with van der Waals surface area (Å²) in [5, 5.41) is 0. The van der Waals surface area contributed by atoms with Crippen molar-refractivity contribution in [2.75, 3.05) is 0 Å². The monoisotopic (exact) mass is 554 g/mol. The van der Waals surface area contributed by atoms with Gasteiger partial charge in [0, 0.05) is 0 Å². The van der Waals surface area contributed by atoms with Gasteiger partial charge in [-0.25, -0.2) is 0 Å². The van der Waals surface area contributed by atoms with Gasteiger partial charge in [0.1, 0.15) is 0 Å². The molecule has 0 aliphatic carbocycles. The van der Waals surface area contributed by atoms with Crippen molar-refractivity contribution in [2.45, 2.75) is 0 Å². The molecule has 0 bridgehead atoms. The molecule has 0 atom stereocenters. The van der Waals surface area contributed by atoms with Crippen LogP contribution >= 0.6 is 0 Å². The van der Waals surface area contributed by atoms with Gasteiger partial charge >= 0.3 is 149 Å². The smallest absolute Gasteiger partial charge is 2.00 e. The van der Waals surface area contributed by atoms with E-state index in [1.54, 1.807) is 0 Å². The van der Waals surface area contributed by atoms with Gasteiger partial charge in [0.15, 0.2) is 0 Å². The van der Waals surface area contributed by atoms with Crippen LogP contribution in [-0.4, -0.2) is 0 Å². The van der Waals surface area contributed by atoms with E-state index in [1.165, 1.54) is 0 Å². The predicted octanol–water partition coefficient (Wildman–Crippen LogP) is -0.718. The van der Waals surface area contributed by atoms with Crippen LogP contribution in [0.2, 0.25) is 0 Å². The van der Waals surface area contributed by atoms with Gasteiger partial charge in [0.05, 0.1) is 0 Å². The number of hydrogen-bond donors (Lipinski definition) is 0. The van der Waals surface area contributed by atoms with E-state index in [2.05, 4.69) is 0 Å². The molecule has 0 aromatic heterocycles. The molecule has 10 heteroatoms. The summed E-state index contributed by atoms with van der Waals surface area (Å²) < 4.78 is 0. The van der Waals surface area contributed by atoms with Crippen LogP contribution in [0.25, 0.3) is 0 Å². The van der Waals surface area contributed by atoms with E-state index in [0.717, 1.165) is 0 Å². The molecule has 50 valence electrons. The largest absolute Gasteiger partial charge is 3.00 e. The molecule has 0 saturated heterocycles.